The molecule has 20 heavy (non-hydrogen) atoms. The van der Waals surface area contributed by atoms with Crippen molar-refractivity contribution in [3.8, 4) is 5.75 Å². The Labute approximate surface area is 126 Å². The van der Waals surface area contributed by atoms with E-state index in [-0.39, 0.29) is 23.3 Å². The third-order valence-electron chi connectivity index (χ3n) is 2.97. The van der Waals surface area contributed by atoms with Crippen molar-refractivity contribution in [2.24, 2.45) is 0 Å². The van der Waals surface area contributed by atoms with E-state index in [2.05, 4.69) is 21.2 Å². The molecule has 0 fully saturated rings. The van der Waals surface area contributed by atoms with Gasteiger partial charge in [-0.2, -0.15) is 0 Å². The number of hydrogen-bond donors (Lipinski definition) is 2. The predicted molar refractivity (Wildman–Crippen MR) is 82.9 cm³/mol. The third-order valence-corrected chi connectivity index (χ3v) is 3.46. The lowest BCUT2D eigenvalue weighted by molar-refractivity contribution is 0.0937. The van der Waals surface area contributed by atoms with Gasteiger partial charge in [0.15, 0.2) is 0 Å². The van der Waals surface area contributed by atoms with Crippen molar-refractivity contribution in [2.45, 2.75) is 19.4 Å². The molecule has 3 nitrogen and oxygen atoms in total. The summed E-state index contributed by atoms with van der Waals surface area (Å²) in [5, 5.41) is 12.7. The minimum Gasteiger partial charge on any atom is -0.507 e. The monoisotopic (exact) mass is 333 g/mol. The van der Waals surface area contributed by atoms with Gasteiger partial charge in [-0.1, -0.05) is 46.3 Å². The number of carbonyl (C=O) groups is 1. The van der Waals surface area contributed by atoms with Gasteiger partial charge in [-0.3, -0.25) is 4.79 Å². The average Bonchev–Trinajstić information content (AvgIpc) is 2.39. The first-order chi connectivity index (χ1) is 9.56. The standard InChI is InChI=1S/C16H16BrNO2/c1-11(9-12-5-3-2-4-6-12)18-16(20)14-8-7-13(17)10-15(14)19/h2-8,10-11,19H,9H2,1H3,(H,18,20). The number of aromatic hydroxyl groups is 1. The molecule has 4 heteroatoms. The van der Waals surface area contributed by atoms with E-state index in [1.165, 1.54) is 11.6 Å². The number of phenols is 1. The van der Waals surface area contributed by atoms with Crippen LogP contribution in [0.1, 0.15) is 22.8 Å². The van der Waals surface area contributed by atoms with Crippen molar-refractivity contribution in [1.82, 2.24) is 5.32 Å². The lowest BCUT2D eigenvalue weighted by Gasteiger charge is -2.14. The second-order valence-electron chi connectivity index (χ2n) is 4.73. The zero-order chi connectivity index (χ0) is 14.5. The van der Waals surface area contributed by atoms with Crippen LogP contribution in [0.3, 0.4) is 0 Å². The van der Waals surface area contributed by atoms with Crippen LogP contribution in [0.15, 0.2) is 53.0 Å². The molecule has 0 aliphatic carbocycles. The van der Waals surface area contributed by atoms with Gasteiger partial charge in [0, 0.05) is 10.5 Å². The Bertz CT molecular complexity index is 599. The maximum absolute atomic E-state index is 12.1. The van der Waals surface area contributed by atoms with Crippen LogP contribution in [0, 0.1) is 0 Å². The summed E-state index contributed by atoms with van der Waals surface area (Å²) in [6.07, 6.45) is 0.754. The molecular formula is C16H16BrNO2. The molecule has 1 unspecified atom stereocenters. The Morgan fingerprint density at radius 1 is 1.25 bits per heavy atom. The number of nitrogens with one attached hydrogen (secondary N) is 1. The number of rotatable bonds is 4. The van der Waals surface area contributed by atoms with Crippen molar-refractivity contribution in [1.29, 1.82) is 0 Å². The fourth-order valence-corrected chi connectivity index (χ4v) is 2.37. The van der Waals surface area contributed by atoms with Crippen molar-refractivity contribution in [2.75, 3.05) is 0 Å². The molecule has 1 atom stereocenters. The molecular weight excluding hydrogens is 318 g/mol. The van der Waals surface area contributed by atoms with E-state index in [4.69, 9.17) is 0 Å². The first-order valence-corrected chi connectivity index (χ1v) is 7.19. The second-order valence-corrected chi connectivity index (χ2v) is 5.64. The lowest BCUT2D eigenvalue weighted by atomic mass is 10.1. The highest BCUT2D eigenvalue weighted by Crippen LogP contribution is 2.22. The van der Waals surface area contributed by atoms with Crippen LogP contribution in [0.25, 0.3) is 0 Å². The van der Waals surface area contributed by atoms with Crippen LogP contribution in [0.2, 0.25) is 0 Å². The molecule has 2 N–H and O–H groups in total. The van der Waals surface area contributed by atoms with Crippen molar-refractivity contribution in [3.63, 3.8) is 0 Å². The minimum absolute atomic E-state index is 0.00653. The number of benzene rings is 2. The topological polar surface area (TPSA) is 49.3 Å². The van der Waals surface area contributed by atoms with Gasteiger partial charge in [-0.25, -0.2) is 0 Å². The SMILES string of the molecule is CC(Cc1ccccc1)NC(=O)c1ccc(Br)cc1O. The van der Waals surface area contributed by atoms with E-state index in [1.807, 2.05) is 37.3 Å². The number of hydrogen-bond acceptors (Lipinski definition) is 2. The Morgan fingerprint density at radius 2 is 1.95 bits per heavy atom. The molecule has 0 radical (unpaired) electrons. The van der Waals surface area contributed by atoms with Crippen molar-refractivity contribution in [3.05, 3.63) is 64.1 Å². The zero-order valence-corrected chi connectivity index (χ0v) is 12.7. The van der Waals surface area contributed by atoms with Gasteiger partial charge in [-0.05, 0) is 37.1 Å². The van der Waals surface area contributed by atoms with Crippen LogP contribution in [-0.4, -0.2) is 17.1 Å². The summed E-state index contributed by atoms with van der Waals surface area (Å²) < 4.78 is 0.740. The number of amides is 1. The summed E-state index contributed by atoms with van der Waals surface area (Å²) >= 11 is 3.25. The molecule has 2 aromatic rings. The molecule has 104 valence electrons. The van der Waals surface area contributed by atoms with Crippen LogP contribution < -0.4 is 5.32 Å². The van der Waals surface area contributed by atoms with E-state index in [1.54, 1.807) is 12.1 Å². The summed E-state index contributed by atoms with van der Waals surface area (Å²) in [5.74, 6) is -0.290. The highest BCUT2D eigenvalue weighted by Gasteiger charge is 2.14. The first-order valence-electron chi connectivity index (χ1n) is 6.39. The molecule has 1 amide bonds. The highest BCUT2D eigenvalue weighted by molar-refractivity contribution is 9.10. The summed E-state index contributed by atoms with van der Waals surface area (Å²) in [6, 6.07) is 14.8. The molecule has 0 saturated heterocycles. The normalized spacial score (nSPS) is 11.9. The van der Waals surface area contributed by atoms with E-state index in [0.29, 0.717) is 0 Å². The second kappa shape index (κ2) is 6.57. The van der Waals surface area contributed by atoms with E-state index >= 15 is 0 Å². The van der Waals surface area contributed by atoms with E-state index < -0.39 is 0 Å². The molecule has 2 rings (SSSR count). The number of halogens is 1. The Morgan fingerprint density at radius 3 is 2.60 bits per heavy atom. The maximum atomic E-state index is 12.1. The largest absolute Gasteiger partial charge is 0.507 e. The van der Waals surface area contributed by atoms with Crippen molar-refractivity contribution < 1.29 is 9.90 Å². The Kier molecular flexibility index (Phi) is 4.79. The lowest BCUT2D eigenvalue weighted by Crippen LogP contribution is -2.34. The van der Waals surface area contributed by atoms with Crippen molar-refractivity contribution >= 4 is 21.8 Å². The minimum atomic E-state index is -0.265. The third kappa shape index (κ3) is 3.84. The molecule has 0 aromatic heterocycles. The molecule has 0 saturated carbocycles. The van der Waals surface area contributed by atoms with Gasteiger partial charge in [0.2, 0.25) is 0 Å². The van der Waals surface area contributed by atoms with Gasteiger partial charge in [0.05, 0.1) is 5.56 Å². The van der Waals surface area contributed by atoms with Gasteiger partial charge >= 0.3 is 0 Å². The van der Waals surface area contributed by atoms with Crippen LogP contribution in [0.5, 0.6) is 5.75 Å². The number of phenolic OH excluding ortho intramolecular Hbond substituents is 1. The fraction of sp³-hybridized carbons (Fsp3) is 0.188. The summed E-state index contributed by atoms with van der Waals surface area (Å²) in [4.78, 5) is 12.1. The number of carbonyl (C=O) groups excluding carboxylic acids is 1. The Hall–Kier alpha value is -1.81. The van der Waals surface area contributed by atoms with Gasteiger partial charge in [0.1, 0.15) is 5.75 Å². The smallest absolute Gasteiger partial charge is 0.255 e. The van der Waals surface area contributed by atoms with E-state index in [9.17, 15) is 9.90 Å². The fourth-order valence-electron chi connectivity index (χ4n) is 2.02. The molecule has 0 heterocycles. The first kappa shape index (κ1) is 14.6. The summed E-state index contributed by atoms with van der Waals surface area (Å²) in [5.41, 5.74) is 1.45. The van der Waals surface area contributed by atoms with E-state index in [0.717, 1.165) is 10.9 Å². The van der Waals surface area contributed by atoms with Crippen LogP contribution in [0.4, 0.5) is 0 Å². The van der Waals surface area contributed by atoms with Crippen LogP contribution in [-0.2, 0) is 6.42 Å². The van der Waals surface area contributed by atoms with Gasteiger partial charge < -0.3 is 10.4 Å². The molecule has 0 aliphatic rings. The van der Waals surface area contributed by atoms with Gasteiger partial charge in [0.25, 0.3) is 5.91 Å². The molecule has 0 spiro atoms. The van der Waals surface area contributed by atoms with Gasteiger partial charge in [-0.15, -0.1) is 0 Å². The summed E-state index contributed by atoms with van der Waals surface area (Å²) in [6.45, 7) is 1.95. The quantitative estimate of drug-likeness (QED) is 0.899. The Balaban J connectivity index is 2.00. The van der Waals surface area contributed by atoms with Crippen LogP contribution >= 0.6 is 15.9 Å². The molecule has 2 aromatic carbocycles. The average molecular weight is 334 g/mol. The molecule has 0 bridgehead atoms. The zero-order valence-electron chi connectivity index (χ0n) is 11.1. The maximum Gasteiger partial charge on any atom is 0.255 e. The predicted octanol–water partition coefficient (Wildman–Crippen LogP) is 3.52. The summed E-state index contributed by atoms with van der Waals surface area (Å²) in [7, 11) is 0. The molecule has 0 aliphatic heterocycles. The highest BCUT2D eigenvalue weighted by atomic mass is 79.9.